The van der Waals surface area contributed by atoms with E-state index in [9.17, 15) is 9.90 Å². The van der Waals surface area contributed by atoms with Gasteiger partial charge < -0.3 is 15.7 Å². The average Bonchev–Trinajstić information content (AvgIpc) is 2.32. The number of nitrogens with two attached hydrogens (primary N) is 1. The third kappa shape index (κ3) is 3.47. The van der Waals surface area contributed by atoms with Crippen molar-refractivity contribution in [3.05, 3.63) is 29.8 Å². The molecule has 1 unspecified atom stereocenters. The van der Waals surface area contributed by atoms with Crippen molar-refractivity contribution in [2.45, 2.75) is 20.4 Å². The standard InChI is InChI=1S/C14H22N2O2/c1-10(2)12(8-15)14(18)16(3)9-11-6-4-5-7-13(11)17/h4-7,10,12,17H,8-9,15H2,1-3H3. The first-order valence-electron chi connectivity index (χ1n) is 6.19. The number of phenols is 1. The van der Waals surface area contributed by atoms with E-state index in [1.54, 1.807) is 24.1 Å². The number of para-hydroxylation sites is 1. The molecule has 0 spiro atoms. The molecule has 0 aliphatic carbocycles. The van der Waals surface area contributed by atoms with Crippen molar-refractivity contribution in [3.8, 4) is 5.75 Å². The Bertz CT molecular complexity index is 405. The fraction of sp³-hybridized carbons (Fsp3) is 0.500. The number of phenolic OH excluding ortho intramolecular Hbond substituents is 1. The van der Waals surface area contributed by atoms with Crippen LogP contribution in [0.15, 0.2) is 24.3 Å². The lowest BCUT2D eigenvalue weighted by atomic mass is 9.94. The van der Waals surface area contributed by atoms with Crippen LogP contribution >= 0.6 is 0 Å². The Balaban J connectivity index is 2.74. The van der Waals surface area contributed by atoms with E-state index >= 15 is 0 Å². The van der Waals surface area contributed by atoms with Crippen molar-refractivity contribution in [1.82, 2.24) is 4.90 Å². The quantitative estimate of drug-likeness (QED) is 0.833. The number of carbonyl (C=O) groups is 1. The van der Waals surface area contributed by atoms with Crippen molar-refractivity contribution < 1.29 is 9.90 Å². The smallest absolute Gasteiger partial charge is 0.227 e. The van der Waals surface area contributed by atoms with Crippen LogP contribution in [0.4, 0.5) is 0 Å². The summed E-state index contributed by atoms with van der Waals surface area (Å²) >= 11 is 0. The Morgan fingerprint density at radius 2 is 2.00 bits per heavy atom. The van der Waals surface area contributed by atoms with Crippen molar-refractivity contribution in [3.63, 3.8) is 0 Å². The van der Waals surface area contributed by atoms with Crippen molar-refractivity contribution >= 4 is 5.91 Å². The largest absolute Gasteiger partial charge is 0.508 e. The lowest BCUT2D eigenvalue weighted by Crippen LogP contribution is -2.38. The highest BCUT2D eigenvalue weighted by molar-refractivity contribution is 5.79. The van der Waals surface area contributed by atoms with Gasteiger partial charge in [0.1, 0.15) is 5.75 Å². The van der Waals surface area contributed by atoms with Gasteiger partial charge in [-0.05, 0) is 12.0 Å². The van der Waals surface area contributed by atoms with Crippen LogP contribution in [-0.4, -0.2) is 29.5 Å². The minimum Gasteiger partial charge on any atom is -0.508 e. The Hall–Kier alpha value is -1.55. The summed E-state index contributed by atoms with van der Waals surface area (Å²) in [6.07, 6.45) is 0. The number of rotatable bonds is 5. The molecule has 4 nitrogen and oxygen atoms in total. The number of aromatic hydroxyl groups is 1. The molecule has 1 amide bonds. The summed E-state index contributed by atoms with van der Waals surface area (Å²) < 4.78 is 0. The third-order valence-electron chi connectivity index (χ3n) is 3.15. The molecule has 0 radical (unpaired) electrons. The predicted octanol–water partition coefficient (Wildman–Crippen LogP) is 1.58. The molecule has 1 aromatic rings. The molecule has 1 rings (SSSR count). The molecule has 0 bridgehead atoms. The SMILES string of the molecule is CC(C)C(CN)C(=O)N(C)Cc1ccccc1O. The maximum atomic E-state index is 12.2. The zero-order valence-corrected chi connectivity index (χ0v) is 11.3. The number of benzene rings is 1. The second-order valence-electron chi connectivity index (χ2n) is 4.91. The summed E-state index contributed by atoms with van der Waals surface area (Å²) in [5.74, 6) is 0.289. The van der Waals surface area contributed by atoms with E-state index < -0.39 is 0 Å². The van der Waals surface area contributed by atoms with Gasteiger partial charge in [-0.15, -0.1) is 0 Å². The highest BCUT2D eigenvalue weighted by Gasteiger charge is 2.24. The maximum absolute atomic E-state index is 12.2. The molecule has 4 heteroatoms. The Morgan fingerprint density at radius 3 is 2.50 bits per heavy atom. The number of amides is 1. The molecule has 1 aromatic carbocycles. The minimum atomic E-state index is -0.166. The Labute approximate surface area is 108 Å². The third-order valence-corrected chi connectivity index (χ3v) is 3.15. The van der Waals surface area contributed by atoms with Gasteiger partial charge in [0.15, 0.2) is 0 Å². The molecule has 0 aliphatic rings. The van der Waals surface area contributed by atoms with Crippen LogP contribution in [0.1, 0.15) is 19.4 Å². The molecule has 100 valence electrons. The first-order valence-corrected chi connectivity index (χ1v) is 6.19. The van der Waals surface area contributed by atoms with E-state index in [2.05, 4.69) is 0 Å². The van der Waals surface area contributed by atoms with E-state index in [0.717, 1.165) is 5.56 Å². The highest BCUT2D eigenvalue weighted by atomic mass is 16.3. The van der Waals surface area contributed by atoms with Gasteiger partial charge in [-0.1, -0.05) is 32.0 Å². The number of carbonyl (C=O) groups excluding carboxylic acids is 1. The Morgan fingerprint density at radius 1 is 1.39 bits per heavy atom. The molecular weight excluding hydrogens is 228 g/mol. The zero-order valence-electron chi connectivity index (χ0n) is 11.3. The monoisotopic (exact) mass is 250 g/mol. The van der Waals surface area contributed by atoms with Crippen molar-refractivity contribution in [2.75, 3.05) is 13.6 Å². The Kier molecular flexibility index (Phi) is 5.16. The van der Waals surface area contributed by atoms with E-state index in [0.29, 0.717) is 13.1 Å². The van der Waals surface area contributed by atoms with Gasteiger partial charge in [-0.3, -0.25) is 4.79 Å². The molecule has 0 saturated carbocycles. The number of hydrogen-bond donors (Lipinski definition) is 2. The summed E-state index contributed by atoms with van der Waals surface area (Å²) in [6, 6.07) is 7.04. The second-order valence-corrected chi connectivity index (χ2v) is 4.91. The van der Waals surface area contributed by atoms with Gasteiger partial charge in [0.05, 0.1) is 5.92 Å². The van der Waals surface area contributed by atoms with Gasteiger partial charge in [0.2, 0.25) is 5.91 Å². The van der Waals surface area contributed by atoms with Crippen molar-refractivity contribution in [1.29, 1.82) is 0 Å². The first-order chi connectivity index (χ1) is 8.47. The van der Waals surface area contributed by atoms with E-state index in [1.165, 1.54) is 0 Å². The zero-order chi connectivity index (χ0) is 13.7. The highest BCUT2D eigenvalue weighted by Crippen LogP contribution is 2.19. The van der Waals surface area contributed by atoms with Crippen molar-refractivity contribution in [2.24, 2.45) is 17.6 Å². The fourth-order valence-electron chi connectivity index (χ4n) is 1.92. The van der Waals surface area contributed by atoms with Crippen LogP contribution < -0.4 is 5.73 Å². The van der Waals surface area contributed by atoms with Crippen LogP contribution in [-0.2, 0) is 11.3 Å². The first kappa shape index (κ1) is 14.5. The predicted molar refractivity (Wildman–Crippen MR) is 72.0 cm³/mol. The fourth-order valence-corrected chi connectivity index (χ4v) is 1.92. The van der Waals surface area contributed by atoms with Crippen LogP contribution in [0.3, 0.4) is 0 Å². The van der Waals surface area contributed by atoms with Crippen LogP contribution in [0.5, 0.6) is 5.75 Å². The summed E-state index contributed by atoms with van der Waals surface area (Å²) in [7, 11) is 1.74. The van der Waals surface area contributed by atoms with Crippen LogP contribution in [0, 0.1) is 11.8 Å². The molecule has 0 saturated heterocycles. The maximum Gasteiger partial charge on any atom is 0.227 e. The topological polar surface area (TPSA) is 66.6 Å². The molecule has 0 fully saturated rings. The summed E-state index contributed by atoms with van der Waals surface area (Å²) in [5, 5.41) is 9.68. The molecule has 0 heterocycles. The molecule has 0 aromatic heterocycles. The summed E-state index contributed by atoms with van der Waals surface area (Å²) in [6.45, 7) is 4.73. The second kappa shape index (κ2) is 6.40. The van der Waals surface area contributed by atoms with Crippen LogP contribution in [0.2, 0.25) is 0 Å². The van der Waals surface area contributed by atoms with Crippen LogP contribution in [0.25, 0.3) is 0 Å². The van der Waals surface area contributed by atoms with Gasteiger partial charge in [0.25, 0.3) is 0 Å². The molecule has 3 N–H and O–H groups in total. The van der Waals surface area contributed by atoms with Gasteiger partial charge in [0, 0.05) is 25.7 Å². The van der Waals surface area contributed by atoms with Gasteiger partial charge in [-0.2, -0.15) is 0 Å². The van der Waals surface area contributed by atoms with E-state index in [1.807, 2.05) is 26.0 Å². The summed E-state index contributed by atoms with van der Waals surface area (Å²) in [5.41, 5.74) is 6.38. The molecule has 1 atom stereocenters. The average molecular weight is 250 g/mol. The van der Waals surface area contributed by atoms with Gasteiger partial charge >= 0.3 is 0 Å². The molecule has 0 aliphatic heterocycles. The van der Waals surface area contributed by atoms with Gasteiger partial charge in [-0.25, -0.2) is 0 Å². The lowest BCUT2D eigenvalue weighted by molar-refractivity contribution is -0.135. The summed E-state index contributed by atoms with van der Waals surface area (Å²) in [4.78, 5) is 13.8. The minimum absolute atomic E-state index is 0.0238. The number of nitrogens with zero attached hydrogens (tertiary/aromatic N) is 1. The number of hydrogen-bond acceptors (Lipinski definition) is 3. The normalized spacial score (nSPS) is 12.5. The van der Waals surface area contributed by atoms with E-state index in [-0.39, 0.29) is 23.5 Å². The van der Waals surface area contributed by atoms with E-state index in [4.69, 9.17) is 5.73 Å². The molecular formula is C14H22N2O2. The molecule has 18 heavy (non-hydrogen) atoms. The lowest BCUT2D eigenvalue weighted by Gasteiger charge is -2.25.